The number of esters is 1. The van der Waals surface area contributed by atoms with Gasteiger partial charge in [-0.15, -0.1) is 0 Å². The average Bonchev–Trinajstić information content (AvgIpc) is 2.69. The highest BCUT2D eigenvalue weighted by molar-refractivity contribution is 6.16. The molecule has 2 aromatic rings. The number of hydrogen-bond acceptors (Lipinski definition) is 4. The van der Waals surface area contributed by atoms with Crippen LogP contribution in [0.3, 0.4) is 0 Å². The van der Waals surface area contributed by atoms with Crippen molar-refractivity contribution in [1.29, 1.82) is 0 Å². The first kappa shape index (κ1) is 21.4. The van der Waals surface area contributed by atoms with Crippen LogP contribution in [0, 0.1) is 12.7 Å². The van der Waals surface area contributed by atoms with Gasteiger partial charge in [0.15, 0.2) is 0 Å². The summed E-state index contributed by atoms with van der Waals surface area (Å²) in [7, 11) is 1.38. The third kappa shape index (κ3) is 5.52. The lowest BCUT2D eigenvalue weighted by Gasteiger charge is -2.14. The zero-order valence-electron chi connectivity index (χ0n) is 16.8. The Kier molecular flexibility index (Phi) is 7.93. The van der Waals surface area contributed by atoms with E-state index >= 15 is 0 Å². The molecule has 0 aliphatic rings. The Morgan fingerprint density at radius 1 is 1.21 bits per heavy atom. The van der Waals surface area contributed by atoms with Gasteiger partial charge in [-0.2, -0.15) is 0 Å². The molecule has 0 N–H and O–H groups in total. The molecule has 0 saturated carbocycles. The molecule has 0 atom stereocenters. The average molecular weight is 383 g/mol. The van der Waals surface area contributed by atoms with Gasteiger partial charge in [-0.3, -0.25) is 0 Å². The van der Waals surface area contributed by atoms with Crippen molar-refractivity contribution < 1.29 is 18.8 Å². The maximum absolute atomic E-state index is 13.4. The molecule has 0 aromatic heterocycles. The van der Waals surface area contributed by atoms with E-state index in [-0.39, 0.29) is 18.4 Å². The number of ether oxygens (including phenoxy) is 1. The smallest absolute Gasteiger partial charge is 0.338 e. The van der Waals surface area contributed by atoms with Gasteiger partial charge in [0.25, 0.3) is 0 Å². The van der Waals surface area contributed by atoms with E-state index in [9.17, 15) is 9.18 Å². The van der Waals surface area contributed by atoms with Crippen LogP contribution in [-0.4, -0.2) is 18.8 Å². The van der Waals surface area contributed by atoms with Gasteiger partial charge in [0.05, 0.1) is 18.4 Å². The fraction of sp³-hybridized carbons (Fsp3) is 0.304. The Hall–Kier alpha value is -2.95. The third-order valence-corrected chi connectivity index (χ3v) is 4.40. The van der Waals surface area contributed by atoms with E-state index in [1.807, 2.05) is 31.2 Å². The van der Waals surface area contributed by atoms with Crippen LogP contribution in [0.2, 0.25) is 0 Å². The van der Waals surface area contributed by atoms with Crippen LogP contribution in [0.5, 0.6) is 0 Å². The quantitative estimate of drug-likeness (QED) is 0.264. The summed E-state index contributed by atoms with van der Waals surface area (Å²) >= 11 is 0. The minimum absolute atomic E-state index is 0.190. The molecule has 0 unspecified atom stereocenters. The molecule has 2 aromatic carbocycles. The summed E-state index contributed by atoms with van der Waals surface area (Å²) in [6, 6.07) is 11.9. The molecule has 0 aliphatic carbocycles. The number of hydrogen-bond donors (Lipinski definition) is 0. The molecule has 4 nitrogen and oxygen atoms in total. The van der Waals surface area contributed by atoms with Crippen molar-refractivity contribution in [3.05, 3.63) is 76.6 Å². The van der Waals surface area contributed by atoms with Crippen LogP contribution < -0.4 is 0 Å². The Morgan fingerprint density at radius 2 is 1.96 bits per heavy atom. The van der Waals surface area contributed by atoms with E-state index in [1.54, 1.807) is 19.1 Å². The molecule has 5 heteroatoms. The highest BCUT2D eigenvalue weighted by atomic mass is 19.1. The zero-order chi connectivity index (χ0) is 20.5. The number of carbonyl (C=O) groups excluding carboxylic acids is 1. The van der Waals surface area contributed by atoms with Gasteiger partial charge in [0, 0.05) is 11.1 Å². The van der Waals surface area contributed by atoms with Crippen molar-refractivity contribution in [3.8, 4) is 0 Å². The summed E-state index contributed by atoms with van der Waals surface area (Å²) in [6.07, 6.45) is 3.59. The number of nitrogens with zero attached hydrogens (tertiary/aromatic N) is 1. The first-order valence-electron chi connectivity index (χ1n) is 9.27. The second kappa shape index (κ2) is 10.4. The SMILES string of the molecule is CCC/C=C(\C(=O)OC)c1cccc(C)c1CO/N=C(\C)c1cccc(F)c1. The lowest BCUT2D eigenvalue weighted by molar-refractivity contribution is -0.133. The van der Waals surface area contributed by atoms with Gasteiger partial charge in [0.1, 0.15) is 12.4 Å². The Morgan fingerprint density at radius 3 is 2.64 bits per heavy atom. The Balaban J connectivity index is 2.28. The third-order valence-electron chi connectivity index (χ3n) is 4.40. The van der Waals surface area contributed by atoms with Crippen LogP contribution in [0.4, 0.5) is 4.39 Å². The van der Waals surface area contributed by atoms with Gasteiger partial charge < -0.3 is 9.57 Å². The largest absolute Gasteiger partial charge is 0.465 e. The number of aryl methyl sites for hydroxylation is 1. The number of carbonyl (C=O) groups is 1. The van der Waals surface area contributed by atoms with Crippen molar-refractivity contribution in [2.45, 2.75) is 40.2 Å². The van der Waals surface area contributed by atoms with Crippen LogP contribution in [0.15, 0.2) is 53.7 Å². The van der Waals surface area contributed by atoms with Crippen LogP contribution >= 0.6 is 0 Å². The van der Waals surface area contributed by atoms with E-state index < -0.39 is 0 Å². The fourth-order valence-corrected chi connectivity index (χ4v) is 2.81. The minimum Gasteiger partial charge on any atom is -0.465 e. The molecule has 148 valence electrons. The molecule has 0 fully saturated rings. The van der Waals surface area contributed by atoms with Gasteiger partial charge in [0.2, 0.25) is 0 Å². The first-order chi connectivity index (χ1) is 13.5. The van der Waals surface area contributed by atoms with Crippen molar-refractivity contribution in [1.82, 2.24) is 0 Å². The number of allylic oxidation sites excluding steroid dienone is 1. The maximum atomic E-state index is 13.4. The summed E-state index contributed by atoms with van der Waals surface area (Å²) in [5, 5.41) is 4.11. The molecule has 28 heavy (non-hydrogen) atoms. The number of benzene rings is 2. The summed E-state index contributed by atoms with van der Waals surface area (Å²) < 4.78 is 18.3. The lowest BCUT2D eigenvalue weighted by Crippen LogP contribution is -2.08. The number of oxime groups is 1. The van der Waals surface area contributed by atoms with E-state index in [0.717, 1.165) is 29.5 Å². The highest BCUT2D eigenvalue weighted by Crippen LogP contribution is 2.25. The number of rotatable bonds is 8. The number of unbranched alkanes of at least 4 members (excludes halogenated alkanes) is 1. The molecule has 0 heterocycles. The van der Waals surface area contributed by atoms with Crippen LogP contribution in [-0.2, 0) is 21.0 Å². The molecule has 0 saturated heterocycles. The van der Waals surface area contributed by atoms with Gasteiger partial charge >= 0.3 is 5.97 Å². The van der Waals surface area contributed by atoms with E-state index in [0.29, 0.717) is 16.8 Å². The van der Waals surface area contributed by atoms with Gasteiger partial charge in [-0.05, 0) is 43.5 Å². The molecular weight excluding hydrogens is 357 g/mol. The molecule has 0 radical (unpaired) electrons. The van der Waals surface area contributed by atoms with Gasteiger partial charge in [-0.1, -0.05) is 54.9 Å². The van der Waals surface area contributed by atoms with Crippen molar-refractivity contribution in [2.24, 2.45) is 5.16 Å². The standard InChI is InChI=1S/C23H26FNO3/c1-5-6-12-21(23(26)27-4)20-13-7-9-16(2)22(20)15-28-25-17(3)18-10-8-11-19(24)14-18/h7-14H,5-6,15H2,1-4H3/b21-12-,25-17+. The van der Waals surface area contributed by atoms with Crippen molar-refractivity contribution in [2.75, 3.05) is 7.11 Å². The van der Waals surface area contributed by atoms with Crippen molar-refractivity contribution >= 4 is 17.3 Å². The summed E-state index contributed by atoms with van der Waals surface area (Å²) in [6.45, 7) is 5.96. The van der Waals surface area contributed by atoms with E-state index in [2.05, 4.69) is 12.1 Å². The minimum atomic E-state index is -0.375. The van der Waals surface area contributed by atoms with Gasteiger partial charge in [-0.25, -0.2) is 9.18 Å². The van der Waals surface area contributed by atoms with Crippen LogP contribution in [0.1, 0.15) is 48.9 Å². The number of halogens is 1. The fourth-order valence-electron chi connectivity index (χ4n) is 2.81. The molecule has 0 bridgehead atoms. The Labute approximate surface area is 165 Å². The second-order valence-electron chi connectivity index (χ2n) is 6.46. The molecule has 0 spiro atoms. The second-order valence-corrected chi connectivity index (χ2v) is 6.46. The monoisotopic (exact) mass is 383 g/mol. The van der Waals surface area contributed by atoms with Crippen LogP contribution in [0.25, 0.3) is 5.57 Å². The summed E-state index contributed by atoms with van der Waals surface area (Å²) in [4.78, 5) is 17.8. The summed E-state index contributed by atoms with van der Waals surface area (Å²) in [5.74, 6) is -0.697. The topological polar surface area (TPSA) is 47.9 Å². The molecule has 0 amide bonds. The predicted octanol–water partition coefficient (Wildman–Crippen LogP) is 5.43. The lowest BCUT2D eigenvalue weighted by atomic mass is 9.95. The van der Waals surface area contributed by atoms with E-state index in [1.165, 1.54) is 19.2 Å². The molecular formula is C23H26FNO3. The first-order valence-corrected chi connectivity index (χ1v) is 9.27. The van der Waals surface area contributed by atoms with E-state index in [4.69, 9.17) is 9.57 Å². The molecule has 0 aliphatic heterocycles. The maximum Gasteiger partial charge on any atom is 0.338 e. The Bertz CT molecular complexity index is 887. The van der Waals surface area contributed by atoms with Crippen molar-refractivity contribution in [3.63, 3.8) is 0 Å². The molecule has 2 rings (SSSR count). The number of methoxy groups -OCH3 is 1. The highest BCUT2D eigenvalue weighted by Gasteiger charge is 2.17. The zero-order valence-corrected chi connectivity index (χ0v) is 16.8. The normalized spacial score (nSPS) is 12.0. The summed E-state index contributed by atoms with van der Waals surface area (Å²) in [5.41, 5.74) is 4.39. The predicted molar refractivity (Wildman–Crippen MR) is 109 cm³/mol.